The van der Waals surface area contributed by atoms with Gasteiger partial charge in [0.15, 0.2) is 17.5 Å². The molecule has 0 fully saturated rings. The zero-order valence-electron chi connectivity index (χ0n) is 23.3. The lowest BCUT2D eigenvalue weighted by Gasteiger charge is -2.12. The number of para-hydroxylation sites is 2. The van der Waals surface area contributed by atoms with Crippen LogP contribution in [0.25, 0.3) is 72.8 Å². The van der Waals surface area contributed by atoms with E-state index in [0.717, 1.165) is 49.0 Å². The Hall–Kier alpha value is -5.53. The first-order valence-electron chi connectivity index (χ1n) is 14.2. The van der Waals surface area contributed by atoms with Crippen LogP contribution >= 0.6 is 15.9 Å². The molecule has 0 saturated carbocycles. The van der Waals surface area contributed by atoms with Gasteiger partial charge in [-0.05, 0) is 65.7 Å². The maximum Gasteiger partial charge on any atom is 0.164 e. The van der Waals surface area contributed by atoms with Crippen LogP contribution in [0.2, 0.25) is 0 Å². The number of nitrogens with zero attached hydrogens (tertiary/aromatic N) is 6. The van der Waals surface area contributed by atoms with Gasteiger partial charge >= 0.3 is 0 Å². The van der Waals surface area contributed by atoms with Crippen LogP contribution in [-0.4, -0.2) is 29.5 Å². The molecule has 0 atom stereocenters. The fourth-order valence-corrected chi connectivity index (χ4v) is 6.13. The maximum absolute atomic E-state index is 5.01. The number of aromatic nitrogens is 6. The summed E-state index contributed by atoms with van der Waals surface area (Å²) in [5.74, 6) is 1.77. The van der Waals surface area contributed by atoms with E-state index in [0.29, 0.717) is 17.5 Å². The summed E-state index contributed by atoms with van der Waals surface area (Å²) in [7, 11) is 0. The molecule has 0 unspecified atom stereocenters. The standard InChI is InChI=1S/C37H23BrN6/c38-29-21-28(22-30(23-29)44-33-7-3-1-5-31(33)32-6-2-4-8-34(32)44)37-42-35(41-36(43-37)27-15-19-40-20-16-27)26-11-9-24(10-12-26)25-13-17-39-18-14-25/h1-23H. The smallest absolute Gasteiger partial charge is 0.164 e. The van der Waals surface area contributed by atoms with Gasteiger partial charge in [0.1, 0.15) is 0 Å². The van der Waals surface area contributed by atoms with Crippen LogP contribution in [-0.2, 0) is 0 Å². The number of halogens is 1. The molecule has 0 amide bonds. The number of rotatable bonds is 5. The SMILES string of the molecule is Brc1cc(-c2nc(-c3ccncc3)nc(-c3ccc(-c4ccncc4)cc3)n2)cc(-n2c3ccccc3c3ccccc32)c1. The van der Waals surface area contributed by atoms with Crippen molar-refractivity contribution in [2.75, 3.05) is 0 Å². The topological polar surface area (TPSA) is 69.4 Å². The molecule has 0 radical (unpaired) electrons. The molecule has 0 saturated heterocycles. The third-order valence-electron chi connectivity index (χ3n) is 7.71. The molecular formula is C37H23BrN6. The van der Waals surface area contributed by atoms with Gasteiger partial charge in [-0.3, -0.25) is 9.97 Å². The normalized spacial score (nSPS) is 11.3. The first kappa shape index (κ1) is 26.1. The minimum absolute atomic E-state index is 0.586. The maximum atomic E-state index is 5.01. The van der Waals surface area contributed by atoms with Gasteiger partial charge in [-0.2, -0.15) is 0 Å². The summed E-state index contributed by atoms with van der Waals surface area (Å²) in [5, 5.41) is 2.42. The van der Waals surface area contributed by atoms with Gasteiger partial charge in [0.05, 0.1) is 11.0 Å². The Labute approximate surface area is 261 Å². The monoisotopic (exact) mass is 630 g/mol. The Morgan fingerprint density at radius 3 is 1.48 bits per heavy atom. The number of hydrogen-bond donors (Lipinski definition) is 0. The second-order valence-electron chi connectivity index (χ2n) is 10.4. The predicted molar refractivity (Wildman–Crippen MR) is 179 cm³/mol. The van der Waals surface area contributed by atoms with Gasteiger partial charge in [-0.1, -0.05) is 76.6 Å². The molecule has 0 N–H and O–H groups in total. The van der Waals surface area contributed by atoms with Crippen LogP contribution < -0.4 is 0 Å². The molecule has 6 nitrogen and oxygen atoms in total. The summed E-state index contributed by atoms with van der Waals surface area (Å²) in [5.41, 5.74) is 8.15. The zero-order chi connectivity index (χ0) is 29.5. The third kappa shape index (κ3) is 4.73. The van der Waals surface area contributed by atoms with Crippen molar-refractivity contribution in [1.29, 1.82) is 0 Å². The number of benzene rings is 4. The quantitative estimate of drug-likeness (QED) is 0.190. The minimum atomic E-state index is 0.586. The summed E-state index contributed by atoms with van der Waals surface area (Å²) in [6, 6.07) is 39.4. The summed E-state index contributed by atoms with van der Waals surface area (Å²) in [6.07, 6.45) is 7.10. The van der Waals surface area contributed by atoms with E-state index in [9.17, 15) is 0 Å². The van der Waals surface area contributed by atoms with Crippen LogP contribution in [0.5, 0.6) is 0 Å². The Morgan fingerprint density at radius 2 is 0.886 bits per heavy atom. The molecule has 0 aliphatic carbocycles. The van der Waals surface area contributed by atoms with Gasteiger partial charge < -0.3 is 4.57 Å². The lowest BCUT2D eigenvalue weighted by atomic mass is 10.0. The van der Waals surface area contributed by atoms with Crippen molar-refractivity contribution < 1.29 is 0 Å². The van der Waals surface area contributed by atoms with Crippen LogP contribution in [0, 0.1) is 0 Å². The highest BCUT2D eigenvalue weighted by atomic mass is 79.9. The van der Waals surface area contributed by atoms with E-state index < -0.39 is 0 Å². The van der Waals surface area contributed by atoms with Crippen molar-refractivity contribution in [2.24, 2.45) is 0 Å². The Balaban J connectivity index is 1.30. The van der Waals surface area contributed by atoms with Gasteiger partial charge in [0.2, 0.25) is 0 Å². The van der Waals surface area contributed by atoms with Gasteiger partial charge in [0.25, 0.3) is 0 Å². The molecule has 0 aliphatic heterocycles. The van der Waals surface area contributed by atoms with Gasteiger partial charge in [0, 0.05) is 62.4 Å². The Kier molecular flexibility index (Phi) is 6.50. The molecule has 7 heteroatoms. The van der Waals surface area contributed by atoms with Crippen molar-refractivity contribution in [3.05, 3.63) is 145 Å². The molecular weight excluding hydrogens is 608 g/mol. The highest BCUT2D eigenvalue weighted by Gasteiger charge is 2.16. The van der Waals surface area contributed by atoms with E-state index in [4.69, 9.17) is 15.0 Å². The first-order chi connectivity index (χ1) is 21.7. The molecule has 4 aromatic carbocycles. The fourth-order valence-electron chi connectivity index (χ4n) is 5.65. The van der Waals surface area contributed by atoms with Crippen LogP contribution in [0.4, 0.5) is 0 Å². The van der Waals surface area contributed by atoms with Crippen molar-refractivity contribution in [3.63, 3.8) is 0 Å². The van der Waals surface area contributed by atoms with Crippen molar-refractivity contribution in [2.45, 2.75) is 0 Å². The minimum Gasteiger partial charge on any atom is -0.309 e. The van der Waals surface area contributed by atoms with Crippen LogP contribution in [0.15, 0.2) is 145 Å². The van der Waals surface area contributed by atoms with Crippen LogP contribution in [0.3, 0.4) is 0 Å². The van der Waals surface area contributed by atoms with Crippen molar-refractivity contribution >= 4 is 37.7 Å². The average molecular weight is 632 g/mol. The molecule has 4 heterocycles. The van der Waals surface area contributed by atoms with E-state index in [1.54, 1.807) is 24.8 Å². The van der Waals surface area contributed by atoms with Crippen molar-refractivity contribution in [1.82, 2.24) is 29.5 Å². The van der Waals surface area contributed by atoms with E-state index >= 15 is 0 Å². The molecule has 0 spiro atoms. The highest BCUT2D eigenvalue weighted by molar-refractivity contribution is 9.10. The summed E-state index contributed by atoms with van der Waals surface area (Å²) in [4.78, 5) is 23.2. The molecule has 208 valence electrons. The van der Waals surface area contributed by atoms with Crippen molar-refractivity contribution in [3.8, 4) is 51.0 Å². The molecule has 8 aromatic rings. The second-order valence-corrected chi connectivity index (χ2v) is 11.3. The highest BCUT2D eigenvalue weighted by Crippen LogP contribution is 2.35. The molecule has 0 aliphatic rings. The molecule has 44 heavy (non-hydrogen) atoms. The molecule has 4 aromatic heterocycles. The largest absolute Gasteiger partial charge is 0.309 e. The lowest BCUT2D eigenvalue weighted by molar-refractivity contribution is 1.07. The third-order valence-corrected chi connectivity index (χ3v) is 8.17. The Morgan fingerprint density at radius 1 is 0.432 bits per heavy atom. The average Bonchev–Trinajstić information content (AvgIpc) is 3.43. The fraction of sp³-hybridized carbons (Fsp3) is 0. The summed E-state index contributed by atoms with van der Waals surface area (Å²) < 4.78 is 3.23. The van der Waals surface area contributed by atoms with E-state index in [-0.39, 0.29) is 0 Å². The zero-order valence-corrected chi connectivity index (χ0v) is 24.9. The van der Waals surface area contributed by atoms with E-state index in [1.165, 1.54) is 10.8 Å². The molecule has 8 rings (SSSR count). The predicted octanol–water partition coefficient (Wildman–Crippen LogP) is 9.19. The van der Waals surface area contributed by atoms with Crippen LogP contribution in [0.1, 0.15) is 0 Å². The summed E-state index contributed by atoms with van der Waals surface area (Å²) in [6.45, 7) is 0. The van der Waals surface area contributed by atoms with Gasteiger partial charge in [-0.25, -0.2) is 15.0 Å². The second kappa shape index (κ2) is 10.9. The first-order valence-corrected chi connectivity index (χ1v) is 15.0. The number of hydrogen-bond acceptors (Lipinski definition) is 5. The van der Waals surface area contributed by atoms with Gasteiger partial charge in [-0.15, -0.1) is 0 Å². The molecule has 0 bridgehead atoms. The number of fused-ring (bicyclic) bond motifs is 3. The Bertz CT molecular complexity index is 2230. The number of pyridine rings is 2. The summed E-state index contributed by atoms with van der Waals surface area (Å²) >= 11 is 3.78. The lowest BCUT2D eigenvalue weighted by Crippen LogP contribution is -2.01. The van der Waals surface area contributed by atoms with E-state index in [1.807, 2.05) is 24.3 Å². The van der Waals surface area contributed by atoms with E-state index in [2.05, 4.69) is 121 Å².